The van der Waals surface area contributed by atoms with Crippen LogP contribution in [0.1, 0.15) is 12.0 Å². The highest BCUT2D eigenvalue weighted by atomic mass is 16.5. The minimum absolute atomic E-state index is 0.0812. The van der Waals surface area contributed by atoms with E-state index in [1.54, 1.807) is 25.3 Å². The number of methoxy groups -OCH3 is 1. The van der Waals surface area contributed by atoms with E-state index in [-0.39, 0.29) is 18.9 Å². The first kappa shape index (κ1) is 13.8. The van der Waals surface area contributed by atoms with Gasteiger partial charge in [0.15, 0.2) is 0 Å². The van der Waals surface area contributed by atoms with Gasteiger partial charge in [-0.15, -0.1) is 0 Å². The lowest BCUT2D eigenvalue weighted by atomic mass is 10.2. The molecule has 5 heteroatoms. The maximum Gasteiger partial charge on any atom is 0.305 e. The fourth-order valence-electron chi connectivity index (χ4n) is 1.24. The summed E-state index contributed by atoms with van der Waals surface area (Å²) in [7, 11) is 1.58. The zero-order valence-corrected chi connectivity index (χ0v) is 10.1. The van der Waals surface area contributed by atoms with Crippen molar-refractivity contribution in [3.8, 4) is 5.75 Å². The van der Waals surface area contributed by atoms with Crippen LogP contribution in [0.25, 0.3) is 6.08 Å². The maximum absolute atomic E-state index is 11.3. The largest absolute Gasteiger partial charge is 0.497 e. The van der Waals surface area contributed by atoms with E-state index in [2.05, 4.69) is 5.32 Å². The number of carbonyl (C=O) groups is 2. The zero-order valence-electron chi connectivity index (χ0n) is 10.1. The van der Waals surface area contributed by atoms with Crippen LogP contribution in [-0.4, -0.2) is 30.6 Å². The van der Waals surface area contributed by atoms with Crippen LogP contribution in [0.2, 0.25) is 0 Å². The van der Waals surface area contributed by atoms with Crippen LogP contribution in [0, 0.1) is 0 Å². The molecule has 0 unspecified atom stereocenters. The Labute approximate surface area is 105 Å². The van der Waals surface area contributed by atoms with Gasteiger partial charge in [-0.3, -0.25) is 9.59 Å². The van der Waals surface area contributed by atoms with Crippen LogP contribution in [0.5, 0.6) is 5.75 Å². The number of hydrogen-bond acceptors (Lipinski definition) is 3. The van der Waals surface area contributed by atoms with E-state index in [4.69, 9.17) is 9.84 Å². The first-order valence-corrected chi connectivity index (χ1v) is 5.43. The standard InChI is InChI=1S/C13H15NO4/c1-18-11-5-2-10(3-6-11)4-7-12(15)14-9-8-13(16)17/h2-7H,8-9H2,1H3,(H,14,15)(H,16,17). The van der Waals surface area contributed by atoms with Crippen LogP contribution < -0.4 is 10.1 Å². The summed E-state index contributed by atoms with van der Waals surface area (Å²) in [6, 6.07) is 7.23. The summed E-state index contributed by atoms with van der Waals surface area (Å²) in [6.07, 6.45) is 2.93. The Bertz CT molecular complexity index is 437. The fourth-order valence-corrected chi connectivity index (χ4v) is 1.24. The van der Waals surface area contributed by atoms with Crippen molar-refractivity contribution in [1.82, 2.24) is 5.32 Å². The Kier molecular flexibility index (Phi) is 5.44. The highest BCUT2D eigenvalue weighted by Crippen LogP contribution is 2.11. The Morgan fingerprint density at radius 3 is 2.56 bits per heavy atom. The Morgan fingerprint density at radius 1 is 1.33 bits per heavy atom. The van der Waals surface area contributed by atoms with E-state index in [0.29, 0.717) is 0 Å². The van der Waals surface area contributed by atoms with Crippen LogP contribution in [-0.2, 0) is 9.59 Å². The van der Waals surface area contributed by atoms with Crippen molar-refractivity contribution < 1.29 is 19.4 Å². The highest BCUT2D eigenvalue weighted by molar-refractivity contribution is 5.91. The first-order valence-electron chi connectivity index (χ1n) is 5.43. The Morgan fingerprint density at radius 2 is 2.00 bits per heavy atom. The molecule has 0 saturated heterocycles. The molecule has 0 bridgehead atoms. The number of aliphatic carboxylic acids is 1. The molecular formula is C13H15NO4. The molecule has 96 valence electrons. The van der Waals surface area contributed by atoms with E-state index in [1.807, 2.05) is 12.1 Å². The lowest BCUT2D eigenvalue weighted by Gasteiger charge is -2.00. The number of carboxylic acid groups (broad SMARTS) is 1. The number of ether oxygens (including phenoxy) is 1. The second-order valence-electron chi connectivity index (χ2n) is 3.54. The molecule has 0 saturated carbocycles. The topological polar surface area (TPSA) is 75.6 Å². The zero-order chi connectivity index (χ0) is 13.4. The van der Waals surface area contributed by atoms with Gasteiger partial charge in [0.2, 0.25) is 5.91 Å². The molecule has 0 aliphatic carbocycles. The molecule has 1 aromatic rings. The lowest BCUT2D eigenvalue weighted by molar-refractivity contribution is -0.136. The number of benzene rings is 1. The van der Waals surface area contributed by atoms with Crippen LogP contribution >= 0.6 is 0 Å². The summed E-state index contributed by atoms with van der Waals surface area (Å²) in [6.45, 7) is 0.126. The van der Waals surface area contributed by atoms with Gasteiger partial charge in [0, 0.05) is 12.6 Å². The molecular weight excluding hydrogens is 234 g/mol. The van der Waals surface area contributed by atoms with E-state index in [9.17, 15) is 9.59 Å². The van der Waals surface area contributed by atoms with E-state index < -0.39 is 5.97 Å². The predicted octanol–water partition coefficient (Wildman–Crippen LogP) is 1.30. The van der Waals surface area contributed by atoms with Gasteiger partial charge in [-0.05, 0) is 23.8 Å². The second kappa shape index (κ2) is 7.11. The molecule has 0 fully saturated rings. The average molecular weight is 249 g/mol. The average Bonchev–Trinajstić information content (AvgIpc) is 2.36. The molecule has 5 nitrogen and oxygen atoms in total. The monoisotopic (exact) mass is 249 g/mol. The quantitative estimate of drug-likeness (QED) is 0.745. The molecule has 1 amide bonds. The minimum Gasteiger partial charge on any atom is -0.497 e. The third-order valence-electron chi connectivity index (χ3n) is 2.18. The smallest absolute Gasteiger partial charge is 0.305 e. The summed E-state index contributed by atoms with van der Waals surface area (Å²) in [5.74, 6) is -0.500. The lowest BCUT2D eigenvalue weighted by Crippen LogP contribution is -2.23. The van der Waals surface area contributed by atoms with Gasteiger partial charge in [0.05, 0.1) is 13.5 Å². The van der Waals surface area contributed by atoms with Crippen molar-refractivity contribution in [3.05, 3.63) is 35.9 Å². The van der Waals surface area contributed by atoms with Crippen LogP contribution in [0.4, 0.5) is 0 Å². The van der Waals surface area contributed by atoms with Gasteiger partial charge < -0.3 is 15.2 Å². The summed E-state index contributed by atoms with van der Waals surface area (Å²) in [5.41, 5.74) is 0.865. The SMILES string of the molecule is COc1ccc(C=CC(=O)NCCC(=O)O)cc1. The molecule has 0 heterocycles. The van der Waals surface area contributed by atoms with Crippen LogP contribution in [0.15, 0.2) is 30.3 Å². The molecule has 18 heavy (non-hydrogen) atoms. The number of carboxylic acids is 1. The van der Waals surface area contributed by atoms with Gasteiger partial charge >= 0.3 is 5.97 Å². The molecule has 0 radical (unpaired) electrons. The van der Waals surface area contributed by atoms with Crippen molar-refractivity contribution in [2.24, 2.45) is 0 Å². The maximum atomic E-state index is 11.3. The van der Waals surface area contributed by atoms with Crippen LogP contribution in [0.3, 0.4) is 0 Å². The Hall–Kier alpha value is -2.30. The predicted molar refractivity (Wildman–Crippen MR) is 67.3 cm³/mol. The van der Waals surface area contributed by atoms with Crippen molar-refractivity contribution >= 4 is 18.0 Å². The molecule has 1 aromatic carbocycles. The first-order chi connectivity index (χ1) is 8.61. The summed E-state index contributed by atoms with van der Waals surface area (Å²) in [5, 5.41) is 10.9. The number of amides is 1. The molecule has 0 aromatic heterocycles. The van der Waals surface area contributed by atoms with Crippen molar-refractivity contribution in [2.45, 2.75) is 6.42 Å². The Balaban J connectivity index is 2.42. The van der Waals surface area contributed by atoms with Gasteiger partial charge in [-0.1, -0.05) is 12.1 Å². The number of nitrogens with one attached hydrogen (secondary N) is 1. The second-order valence-corrected chi connectivity index (χ2v) is 3.54. The normalized spacial score (nSPS) is 10.3. The molecule has 1 rings (SSSR count). The van der Waals surface area contributed by atoms with Gasteiger partial charge in [0.1, 0.15) is 5.75 Å². The third kappa shape index (κ3) is 5.16. The molecule has 0 spiro atoms. The minimum atomic E-state index is -0.936. The van der Waals surface area contributed by atoms with E-state index in [0.717, 1.165) is 11.3 Å². The molecule has 0 atom stereocenters. The van der Waals surface area contributed by atoms with Gasteiger partial charge in [-0.2, -0.15) is 0 Å². The van der Waals surface area contributed by atoms with Crippen molar-refractivity contribution in [3.63, 3.8) is 0 Å². The number of carbonyl (C=O) groups excluding carboxylic acids is 1. The molecule has 0 aliphatic heterocycles. The van der Waals surface area contributed by atoms with E-state index in [1.165, 1.54) is 6.08 Å². The van der Waals surface area contributed by atoms with Crippen molar-refractivity contribution in [1.29, 1.82) is 0 Å². The van der Waals surface area contributed by atoms with Gasteiger partial charge in [0.25, 0.3) is 0 Å². The third-order valence-corrected chi connectivity index (χ3v) is 2.18. The highest BCUT2D eigenvalue weighted by Gasteiger charge is 1.98. The molecule has 2 N–H and O–H groups in total. The van der Waals surface area contributed by atoms with Crippen molar-refractivity contribution in [2.75, 3.05) is 13.7 Å². The molecule has 0 aliphatic rings. The summed E-state index contributed by atoms with van der Waals surface area (Å²) in [4.78, 5) is 21.5. The number of rotatable bonds is 6. The van der Waals surface area contributed by atoms with Gasteiger partial charge in [-0.25, -0.2) is 0 Å². The summed E-state index contributed by atoms with van der Waals surface area (Å²) < 4.78 is 5.01. The summed E-state index contributed by atoms with van der Waals surface area (Å²) >= 11 is 0. The van der Waals surface area contributed by atoms with E-state index >= 15 is 0 Å². The fraction of sp³-hybridized carbons (Fsp3) is 0.231. The number of hydrogen-bond donors (Lipinski definition) is 2.